The van der Waals surface area contributed by atoms with Gasteiger partial charge in [0.15, 0.2) is 0 Å². The van der Waals surface area contributed by atoms with Crippen molar-refractivity contribution in [1.82, 2.24) is 9.78 Å². The number of carbonyl (C=O) groups excluding carboxylic acids is 2. The highest BCUT2D eigenvalue weighted by molar-refractivity contribution is 6.43. The molecular formula is C21H19N3O2. The monoisotopic (exact) mass is 345 g/mol. The summed E-state index contributed by atoms with van der Waals surface area (Å²) in [5.74, 6) is -0.441. The van der Waals surface area contributed by atoms with Gasteiger partial charge in [-0.1, -0.05) is 50.2 Å². The van der Waals surface area contributed by atoms with Gasteiger partial charge in [0, 0.05) is 11.0 Å². The average Bonchev–Trinajstić information content (AvgIpc) is 3.12. The summed E-state index contributed by atoms with van der Waals surface area (Å²) in [7, 11) is 0. The van der Waals surface area contributed by atoms with Crippen LogP contribution in [0.25, 0.3) is 16.6 Å². The fraction of sp³-hybridized carbons (Fsp3) is 0.190. The van der Waals surface area contributed by atoms with Crippen LogP contribution in [0.5, 0.6) is 0 Å². The smallest absolute Gasteiger partial charge is 0.268 e. The summed E-state index contributed by atoms with van der Waals surface area (Å²) in [4.78, 5) is 27.1. The molecule has 5 nitrogen and oxygen atoms in total. The van der Waals surface area contributed by atoms with E-state index in [0.717, 1.165) is 16.6 Å². The number of carbonyl (C=O) groups is 2. The molecule has 1 aliphatic rings. The van der Waals surface area contributed by atoms with Crippen LogP contribution in [-0.2, 0) is 9.59 Å². The summed E-state index contributed by atoms with van der Waals surface area (Å²) < 4.78 is 1.63. The van der Waals surface area contributed by atoms with Crippen LogP contribution >= 0.6 is 0 Å². The normalized spacial score (nSPS) is 15.0. The zero-order valence-electron chi connectivity index (χ0n) is 14.9. The Hall–Kier alpha value is -3.21. The molecule has 5 heteroatoms. The van der Waals surface area contributed by atoms with Crippen molar-refractivity contribution in [2.24, 2.45) is 0 Å². The number of fused-ring (bicyclic) bond motifs is 1. The van der Waals surface area contributed by atoms with Crippen molar-refractivity contribution in [2.45, 2.75) is 26.7 Å². The predicted molar refractivity (Wildman–Crippen MR) is 102 cm³/mol. The molecule has 3 aromatic rings. The van der Waals surface area contributed by atoms with Crippen molar-refractivity contribution in [3.8, 4) is 0 Å². The number of benzene rings is 2. The van der Waals surface area contributed by atoms with Gasteiger partial charge in [0.25, 0.3) is 11.8 Å². The predicted octanol–water partition coefficient (Wildman–Crippen LogP) is 3.96. The molecule has 0 aliphatic carbocycles. The SMILES string of the molecule is CC1=C(n2nc(C(C)C)c3ccccc32)C(=O)N(c2ccccc2)C1=O. The van der Waals surface area contributed by atoms with Gasteiger partial charge in [0.05, 0.1) is 16.9 Å². The Kier molecular flexibility index (Phi) is 3.72. The Morgan fingerprint density at radius 2 is 1.54 bits per heavy atom. The molecule has 0 N–H and O–H groups in total. The number of aromatic nitrogens is 2. The highest BCUT2D eigenvalue weighted by atomic mass is 16.2. The number of anilines is 1. The molecule has 0 fully saturated rings. The Morgan fingerprint density at radius 3 is 2.23 bits per heavy atom. The molecule has 130 valence electrons. The van der Waals surface area contributed by atoms with E-state index in [1.54, 1.807) is 23.7 Å². The minimum Gasteiger partial charge on any atom is -0.268 e. The fourth-order valence-electron chi connectivity index (χ4n) is 3.38. The second-order valence-corrected chi connectivity index (χ2v) is 6.72. The van der Waals surface area contributed by atoms with E-state index in [0.29, 0.717) is 17.0 Å². The van der Waals surface area contributed by atoms with E-state index in [2.05, 4.69) is 13.8 Å². The third-order valence-electron chi connectivity index (χ3n) is 4.67. The number of nitrogens with zero attached hydrogens (tertiary/aromatic N) is 3. The number of amides is 2. The zero-order chi connectivity index (χ0) is 18.4. The maximum Gasteiger partial charge on any atom is 0.284 e. The molecule has 0 atom stereocenters. The van der Waals surface area contributed by atoms with Gasteiger partial charge in [-0.05, 0) is 31.0 Å². The van der Waals surface area contributed by atoms with Gasteiger partial charge < -0.3 is 0 Å². The van der Waals surface area contributed by atoms with Crippen molar-refractivity contribution in [1.29, 1.82) is 0 Å². The third kappa shape index (κ3) is 2.28. The summed E-state index contributed by atoms with van der Waals surface area (Å²) >= 11 is 0. The molecule has 0 bridgehead atoms. The second kappa shape index (κ2) is 5.95. The summed E-state index contributed by atoms with van der Waals surface area (Å²) in [5, 5.41) is 5.69. The maximum atomic E-state index is 13.1. The molecule has 2 aromatic carbocycles. The van der Waals surface area contributed by atoms with Crippen molar-refractivity contribution >= 4 is 34.1 Å². The Bertz CT molecular complexity index is 1060. The van der Waals surface area contributed by atoms with Gasteiger partial charge in [0.1, 0.15) is 5.70 Å². The maximum absolute atomic E-state index is 13.1. The number of imide groups is 1. The molecule has 4 rings (SSSR count). The lowest BCUT2D eigenvalue weighted by Gasteiger charge is -2.14. The highest BCUT2D eigenvalue weighted by Crippen LogP contribution is 2.33. The summed E-state index contributed by atoms with van der Waals surface area (Å²) in [5.41, 5.74) is 3.04. The van der Waals surface area contributed by atoms with Crippen LogP contribution in [0.1, 0.15) is 32.4 Å². The number of hydrogen-bond donors (Lipinski definition) is 0. The van der Waals surface area contributed by atoms with E-state index in [1.165, 1.54) is 4.90 Å². The van der Waals surface area contributed by atoms with Gasteiger partial charge in [-0.2, -0.15) is 5.10 Å². The first-order chi connectivity index (χ1) is 12.5. The van der Waals surface area contributed by atoms with E-state index in [9.17, 15) is 9.59 Å². The molecule has 2 heterocycles. The number of rotatable bonds is 3. The van der Waals surface area contributed by atoms with E-state index in [-0.39, 0.29) is 17.7 Å². The molecule has 0 radical (unpaired) electrons. The third-order valence-corrected chi connectivity index (χ3v) is 4.67. The Morgan fingerprint density at radius 1 is 0.885 bits per heavy atom. The first-order valence-corrected chi connectivity index (χ1v) is 8.63. The molecule has 0 spiro atoms. The second-order valence-electron chi connectivity index (χ2n) is 6.72. The lowest BCUT2D eigenvalue weighted by Crippen LogP contribution is -2.31. The first kappa shape index (κ1) is 16.3. The van der Waals surface area contributed by atoms with Crippen molar-refractivity contribution in [3.63, 3.8) is 0 Å². The van der Waals surface area contributed by atoms with Gasteiger partial charge in [-0.25, -0.2) is 9.58 Å². The largest absolute Gasteiger partial charge is 0.284 e. The molecule has 1 aliphatic heterocycles. The van der Waals surface area contributed by atoms with Gasteiger partial charge in [-0.3, -0.25) is 9.59 Å². The van der Waals surface area contributed by atoms with Crippen LogP contribution in [0.2, 0.25) is 0 Å². The first-order valence-electron chi connectivity index (χ1n) is 8.63. The van der Waals surface area contributed by atoms with Crippen molar-refractivity contribution in [2.75, 3.05) is 4.90 Å². The van der Waals surface area contributed by atoms with E-state index >= 15 is 0 Å². The Balaban J connectivity index is 1.90. The van der Waals surface area contributed by atoms with Crippen LogP contribution in [0, 0.1) is 0 Å². The number of para-hydroxylation sites is 2. The van der Waals surface area contributed by atoms with Gasteiger partial charge >= 0.3 is 0 Å². The van der Waals surface area contributed by atoms with Crippen molar-refractivity contribution < 1.29 is 9.59 Å². The van der Waals surface area contributed by atoms with Crippen LogP contribution < -0.4 is 4.90 Å². The lowest BCUT2D eigenvalue weighted by atomic mass is 10.1. The van der Waals surface area contributed by atoms with E-state index in [4.69, 9.17) is 5.10 Å². The summed E-state index contributed by atoms with van der Waals surface area (Å²) in [6.45, 7) is 5.82. The molecule has 0 unspecified atom stereocenters. The average molecular weight is 345 g/mol. The van der Waals surface area contributed by atoms with E-state index < -0.39 is 0 Å². The minimum absolute atomic E-state index is 0.208. The molecular weight excluding hydrogens is 326 g/mol. The quantitative estimate of drug-likeness (QED) is 0.675. The Labute approximate surface area is 151 Å². The van der Waals surface area contributed by atoms with Crippen LogP contribution in [0.15, 0.2) is 60.2 Å². The molecule has 0 saturated heterocycles. The molecule has 2 amide bonds. The lowest BCUT2D eigenvalue weighted by molar-refractivity contribution is -0.120. The van der Waals surface area contributed by atoms with Crippen LogP contribution in [0.3, 0.4) is 0 Å². The van der Waals surface area contributed by atoms with E-state index in [1.807, 2.05) is 42.5 Å². The fourth-order valence-corrected chi connectivity index (χ4v) is 3.38. The molecule has 26 heavy (non-hydrogen) atoms. The summed E-state index contributed by atoms with van der Waals surface area (Å²) in [6, 6.07) is 16.8. The van der Waals surface area contributed by atoms with Gasteiger partial charge in [0.2, 0.25) is 0 Å². The van der Waals surface area contributed by atoms with Crippen LogP contribution in [0.4, 0.5) is 5.69 Å². The molecule has 1 aromatic heterocycles. The number of hydrogen-bond acceptors (Lipinski definition) is 3. The highest BCUT2D eigenvalue weighted by Gasteiger charge is 2.39. The van der Waals surface area contributed by atoms with Crippen LogP contribution in [-0.4, -0.2) is 21.6 Å². The van der Waals surface area contributed by atoms with Crippen molar-refractivity contribution in [3.05, 3.63) is 65.9 Å². The topological polar surface area (TPSA) is 55.2 Å². The van der Waals surface area contributed by atoms with Gasteiger partial charge in [-0.15, -0.1) is 0 Å². The standard InChI is InChI=1S/C21H19N3O2/c1-13(2)18-16-11-7-8-12-17(16)24(22-18)19-14(3)20(25)23(21(19)26)15-9-5-4-6-10-15/h4-13H,1-3H3. The summed E-state index contributed by atoms with van der Waals surface area (Å²) in [6.07, 6.45) is 0. The molecule has 0 saturated carbocycles. The zero-order valence-corrected chi connectivity index (χ0v) is 14.9. The minimum atomic E-state index is -0.345.